The number of carbonyl (C=O) groups is 4. The molecule has 3 aromatic rings. The first kappa shape index (κ1) is 26.1. The number of hydrogen-bond donors (Lipinski definition) is 2. The van der Waals surface area contributed by atoms with Crippen LogP contribution < -0.4 is 15.5 Å². The van der Waals surface area contributed by atoms with Crippen molar-refractivity contribution in [3.8, 4) is 0 Å². The quantitative estimate of drug-likeness (QED) is 0.323. The Balaban J connectivity index is 1.52. The van der Waals surface area contributed by atoms with Crippen molar-refractivity contribution >= 4 is 63.1 Å². The molecule has 0 saturated carbocycles. The third-order valence-electron chi connectivity index (χ3n) is 5.72. The van der Waals surface area contributed by atoms with Gasteiger partial charge in [0.15, 0.2) is 5.13 Å². The highest BCUT2D eigenvalue weighted by Gasteiger charge is 2.39. The first-order valence-corrected chi connectivity index (χ1v) is 12.5. The van der Waals surface area contributed by atoms with Gasteiger partial charge in [0.1, 0.15) is 15.6 Å². The fourth-order valence-electron chi connectivity index (χ4n) is 3.70. The molecular formula is C26H23ClN4O5S. The normalized spacial score (nSPS) is 13.3. The molecule has 9 nitrogen and oxygen atoms in total. The molecule has 1 aliphatic rings. The fraction of sp³-hybridized carbons (Fsp3) is 0.192. The number of nitrogens with one attached hydrogen (secondary N) is 2. The van der Waals surface area contributed by atoms with Gasteiger partial charge in [-0.1, -0.05) is 41.1 Å². The molecule has 3 amide bonds. The van der Waals surface area contributed by atoms with Gasteiger partial charge in [0.25, 0.3) is 17.7 Å². The van der Waals surface area contributed by atoms with E-state index in [-0.39, 0.29) is 28.0 Å². The van der Waals surface area contributed by atoms with Crippen molar-refractivity contribution in [2.24, 2.45) is 0 Å². The van der Waals surface area contributed by atoms with Crippen LogP contribution in [0.15, 0.2) is 53.2 Å². The number of rotatable bonds is 7. The van der Waals surface area contributed by atoms with Gasteiger partial charge in [0, 0.05) is 11.3 Å². The third-order valence-corrected chi connectivity index (χ3v) is 7.12. The number of ether oxygens (including phenoxy) is 1. The molecule has 2 N–H and O–H groups in total. The summed E-state index contributed by atoms with van der Waals surface area (Å²) in [5.41, 5.74) is 3.19. The van der Waals surface area contributed by atoms with Crippen LogP contribution in [-0.2, 0) is 14.3 Å². The van der Waals surface area contributed by atoms with E-state index in [1.54, 1.807) is 44.2 Å². The lowest BCUT2D eigenvalue weighted by Crippen LogP contribution is -2.33. The lowest BCUT2D eigenvalue weighted by molar-refractivity contribution is -0.120. The maximum absolute atomic E-state index is 13.2. The van der Waals surface area contributed by atoms with Crippen LogP contribution in [0.5, 0.6) is 0 Å². The van der Waals surface area contributed by atoms with E-state index in [4.69, 9.17) is 16.3 Å². The molecule has 190 valence electrons. The topological polar surface area (TPSA) is 118 Å². The summed E-state index contributed by atoms with van der Waals surface area (Å²) >= 11 is 7.28. The number of carbonyl (C=O) groups excluding carboxylic acids is 4. The van der Waals surface area contributed by atoms with Gasteiger partial charge in [-0.05, 0) is 63.1 Å². The number of nitrogens with zero attached hydrogens (tertiary/aromatic N) is 2. The average molecular weight is 539 g/mol. The molecule has 1 aromatic heterocycles. The molecule has 0 saturated heterocycles. The molecule has 0 unspecified atom stereocenters. The zero-order valence-corrected chi connectivity index (χ0v) is 22.0. The molecule has 0 fully saturated rings. The predicted molar refractivity (Wildman–Crippen MR) is 142 cm³/mol. The van der Waals surface area contributed by atoms with Crippen LogP contribution >= 0.6 is 22.9 Å². The Hall–Kier alpha value is -4.02. The van der Waals surface area contributed by atoms with E-state index in [0.29, 0.717) is 21.9 Å². The van der Waals surface area contributed by atoms with Gasteiger partial charge >= 0.3 is 5.97 Å². The van der Waals surface area contributed by atoms with E-state index in [9.17, 15) is 19.2 Å². The molecule has 2 heterocycles. The Labute approximate surface area is 222 Å². The van der Waals surface area contributed by atoms with Gasteiger partial charge in [0.05, 0.1) is 18.0 Å². The van der Waals surface area contributed by atoms with E-state index >= 15 is 0 Å². The average Bonchev–Trinajstić information content (AvgIpc) is 3.33. The van der Waals surface area contributed by atoms with Crippen LogP contribution in [0.1, 0.15) is 43.8 Å². The second-order valence-electron chi connectivity index (χ2n) is 8.17. The van der Waals surface area contributed by atoms with Gasteiger partial charge < -0.3 is 10.1 Å². The van der Waals surface area contributed by atoms with Crippen molar-refractivity contribution in [3.05, 3.63) is 80.5 Å². The van der Waals surface area contributed by atoms with Crippen LogP contribution in [0.2, 0.25) is 0 Å². The molecule has 4 rings (SSSR count). The van der Waals surface area contributed by atoms with E-state index in [1.807, 2.05) is 19.9 Å². The summed E-state index contributed by atoms with van der Waals surface area (Å²) in [5, 5.41) is 5.56. The van der Waals surface area contributed by atoms with Crippen LogP contribution in [-0.4, -0.2) is 35.3 Å². The van der Waals surface area contributed by atoms with Crippen molar-refractivity contribution in [1.82, 2.24) is 4.98 Å². The monoisotopic (exact) mass is 538 g/mol. The maximum atomic E-state index is 13.2. The molecule has 0 radical (unpaired) electrons. The number of thiazole rings is 1. The van der Waals surface area contributed by atoms with Gasteiger partial charge in [0.2, 0.25) is 0 Å². The largest absolute Gasteiger partial charge is 0.462 e. The Morgan fingerprint density at radius 3 is 2.54 bits per heavy atom. The molecule has 11 heteroatoms. The number of benzene rings is 2. The summed E-state index contributed by atoms with van der Waals surface area (Å²) < 4.78 is 5.00. The highest BCUT2D eigenvalue weighted by molar-refractivity contribution is 7.17. The highest BCUT2D eigenvalue weighted by atomic mass is 35.5. The maximum Gasteiger partial charge on any atom is 0.350 e. The fourth-order valence-corrected chi connectivity index (χ4v) is 4.76. The van der Waals surface area contributed by atoms with Crippen LogP contribution in [0.3, 0.4) is 0 Å². The van der Waals surface area contributed by atoms with Crippen LogP contribution in [0.25, 0.3) is 0 Å². The number of aryl methyl sites for hydroxylation is 2. The first-order valence-electron chi connectivity index (χ1n) is 11.3. The Bertz CT molecular complexity index is 1480. The van der Waals surface area contributed by atoms with Gasteiger partial charge in [-0.15, -0.1) is 0 Å². The van der Waals surface area contributed by atoms with Crippen LogP contribution in [0.4, 0.5) is 16.5 Å². The van der Waals surface area contributed by atoms with E-state index in [2.05, 4.69) is 15.6 Å². The number of anilines is 3. The van der Waals surface area contributed by atoms with Crippen LogP contribution in [0, 0.1) is 20.8 Å². The third kappa shape index (κ3) is 5.11. The minimum absolute atomic E-state index is 0.0836. The summed E-state index contributed by atoms with van der Waals surface area (Å²) in [6.45, 7) is 7.30. The summed E-state index contributed by atoms with van der Waals surface area (Å²) in [4.78, 5) is 56.5. The number of imide groups is 1. The number of aromatic nitrogens is 1. The molecule has 0 bridgehead atoms. The summed E-state index contributed by atoms with van der Waals surface area (Å²) in [7, 11) is 0. The van der Waals surface area contributed by atoms with Crippen molar-refractivity contribution in [2.75, 3.05) is 22.1 Å². The van der Waals surface area contributed by atoms with Crippen molar-refractivity contribution in [3.63, 3.8) is 0 Å². The smallest absolute Gasteiger partial charge is 0.350 e. The SMILES string of the molecule is CCOC(=O)c1sc(NC(=O)c2cccc(NC3=C(Cl)C(=O)N(c4cccc(C)c4C)C3=O)c2)nc1C. The second-order valence-corrected chi connectivity index (χ2v) is 9.54. The highest BCUT2D eigenvalue weighted by Crippen LogP contribution is 2.33. The minimum atomic E-state index is -0.631. The Morgan fingerprint density at radius 2 is 1.81 bits per heavy atom. The number of amides is 3. The molecule has 2 aromatic carbocycles. The number of halogens is 1. The first-order chi connectivity index (χ1) is 17.6. The minimum Gasteiger partial charge on any atom is -0.462 e. The number of hydrogen-bond acceptors (Lipinski definition) is 8. The molecular weight excluding hydrogens is 516 g/mol. The van der Waals surface area contributed by atoms with Gasteiger partial charge in [-0.25, -0.2) is 14.7 Å². The standard InChI is InChI=1S/C26H23ClN4O5S/c1-5-36-25(35)21-15(4)28-26(37-21)30-22(32)16-9-7-10-17(12-16)29-20-19(27)23(33)31(24(20)34)18-11-6-8-13(2)14(18)3/h6-12,29H,5H2,1-4H3,(H,28,30,32). The molecule has 1 aliphatic heterocycles. The Morgan fingerprint density at radius 1 is 1.08 bits per heavy atom. The summed E-state index contributed by atoms with van der Waals surface area (Å²) in [5.74, 6) is -2.20. The van der Waals surface area contributed by atoms with Crippen molar-refractivity contribution in [2.45, 2.75) is 27.7 Å². The lowest BCUT2D eigenvalue weighted by atomic mass is 10.1. The number of esters is 1. The Kier molecular flexibility index (Phi) is 7.42. The summed E-state index contributed by atoms with van der Waals surface area (Å²) in [6.07, 6.45) is 0. The van der Waals surface area contributed by atoms with E-state index in [1.165, 1.54) is 6.07 Å². The molecule has 0 atom stereocenters. The molecule has 0 spiro atoms. The zero-order chi connectivity index (χ0) is 26.9. The molecule has 37 heavy (non-hydrogen) atoms. The lowest BCUT2D eigenvalue weighted by Gasteiger charge is -2.18. The van der Waals surface area contributed by atoms with E-state index in [0.717, 1.165) is 27.4 Å². The van der Waals surface area contributed by atoms with E-state index < -0.39 is 23.7 Å². The predicted octanol–water partition coefficient (Wildman–Crippen LogP) is 4.93. The van der Waals surface area contributed by atoms with Gasteiger partial charge in [-0.2, -0.15) is 0 Å². The summed E-state index contributed by atoms with van der Waals surface area (Å²) in [6, 6.07) is 11.7. The van der Waals surface area contributed by atoms with Crippen molar-refractivity contribution < 1.29 is 23.9 Å². The van der Waals surface area contributed by atoms with Gasteiger partial charge in [-0.3, -0.25) is 19.7 Å². The second kappa shape index (κ2) is 10.5. The van der Waals surface area contributed by atoms with Crippen molar-refractivity contribution in [1.29, 1.82) is 0 Å². The molecule has 0 aliphatic carbocycles. The zero-order valence-electron chi connectivity index (χ0n) is 20.5.